The van der Waals surface area contributed by atoms with Gasteiger partial charge < -0.3 is 5.32 Å². The van der Waals surface area contributed by atoms with Crippen molar-refractivity contribution in [2.75, 3.05) is 7.05 Å². The summed E-state index contributed by atoms with van der Waals surface area (Å²) in [6.45, 7) is 4.27. The van der Waals surface area contributed by atoms with E-state index in [0.29, 0.717) is 6.04 Å². The summed E-state index contributed by atoms with van der Waals surface area (Å²) in [5.74, 6) is 0. The summed E-state index contributed by atoms with van der Waals surface area (Å²) in [6.07, 6.45) is 16.2. The van der Waals surface area contributed by atoms with Gasteiger partial charge in [-0.25, -0.2) is 0 Å². The first-order chi connectivity index (χ1) is 6.81. The van der Waals surface area contributed by atoms with Crippen molar-refractivity contribution in [3.05, 3.63) is 23.3 Å². The second kappa shape index (κ2) is 7.41. The van der Waals surface area contributed by atoms with Crippen LogP contribution in [0.15, 0.2) is 23.3 Å². The molecule has 1 rings (SSSR count). The third kappa shape index (κ3) is 3.40. The molecule has 1 saturated carbocycles. The minimum Gasteiger partial charge on any atom is -0.317 e. The number of rotatable bonds is 1. The van der Waals surface area contributed by atoms with E-state index in [1.807, 2.05) is 0 Å². The van der Waals surface area contributed by atoms with Crippen molar-refractivity contribution in [2.45, 2.75) is 39.2 Å². The summed E-state index contributed by atoms with van der Waals surface area (Å²) in [6, 6.07) is 0.694. The van der Waals surface area contributed by atoms with Gasteiger partial charge in [0.05, 0.1) is 0 Å². The molecule has 0 radical (unpaired) electrons. The molecule has 1 N–H and O–H groups in total. The molecule has 1 aliphatic carbocycles. The molecule has 0 aromatic heterocycles. The topological polar surface area (TPSA) is 12.0 Å². The lowest BCUT2D eigenvalue weighted by Gasteiger charge is -2.26. The largest absolute Gasteiger partial charge is 0.317 e. The zero-order valence-corrected chi connectivity index (χ0v) is 9.51. The van der Waals surface area contributed by atoms with E-state index in [4.69, 9.17) is 0 Å². The SMILES string of the molecule is C#C.C/C=C1/CCC(NC)C/C1=C/C. The fourth-order valence-electron chi connectivity index (χ4n) is 1.87. The molecule has 0 spiro atoms. The van der Waals surface area contributed by atoms with Gasteiger partial charge in [0.2, 0.25) is 0 Å². The normalized spacial score (nSPS) is 27.1. The van der Waals surface area contributed by atoms with Gasteiger partial charge in [0.1, 0.15) is 0 Å². The zero-order valence-electron chi connectivity index (χ0n) is 9.51. The minimum absolute atomic E-state index is 0.694. The maximum absolute atomic E-state index is 4.00. The van der Waals surface area contributed by atoms with Crippen LogP contribution in [-0.2, 0) is 0 Å². The van der Waals surface area contributed by atoms with E-state index < -0.39 is 0 Å². The third-order valence-electron chi connectivity index (χ3n) is 2.75. The Hall–Kier alpha value is -1.00. The molecule has 0 aromatic carbocycles. The van der Waals surface area contributed by atoms with Crippen molar-refractivity contribution in [1.29, 1.82) is 0 Å². The van der Waals surface area contributed by atoms with Gasteiger partial charge in [-0.2, -0.15) is 0 Å². The molecule has 0 aromatic rings. The highest BCUT2D eigenvalue weighted by Crippen LogP contribution is 2.28. The Morgan fingerprint density at radius 1 is 1.21 bits per heavy atom. The fraction of sp³-hybridized carbons (Fsp3) is 0.538. The zero-order chi connectivity index (χ0) is 11.0. The van der Waals surface area contributed by atoms with E-state index in [0.717, 1.165) is 0 Å². The molecule has 1 unspecified atom stereocenters. The van der Waals surface area contributed by atoms with Crippen molar-refractivity contribution in [1.82, 2.24) is 5.32 Å². The van der Waals surface area contributed by atoms with E-state index in [1.165, 1.54) is 24.8 Å². The second-order valence-corrected chi connectivity index (χ2v) is 3.36. The van der Waals surface area contributed by atoms with Crippen LogP contribution in [0.4, 0.5) is 0 Å². The fourth-order valence-corrected chi connectivity index (χ4v) is 1.87. The molecule has 0 bridgehead atoms. The Kier molecular flexibility index (Phi) is 6.88. The van der Waals surface area contributed by atoms with Crippen LogP contribution in [0.2, 0.25) is 0 Å². The van der Waals surface area contributed by atoms with Gasteiger partial charge in [-0.3, -0.25) is 0 Å². The number of nitrogens with one attached hydrogen (secondary N) is 1. The van der Waals surface area contributed by atoms with Gasteiger partial charge >= 0.3 is 0 Å². The summed E-state index contributed by atoms with van der Waals surface area (Å²) in [5.41, 5.74) is 3.08. The van der Waals surface area contributed by atoms with Crippen LogP contribution in [0.3, 0.4) is 0 Å². The molecule has 0 aliphatic heterocycles. The van der Waals surface area contributed by atoms with E-state index in [9.17, 15) is 0 Å². The first-order valence-corrected chi connectivity index (χ1v) is 5.13. The Labute approximate surface area is 88.3 Å². The highest BCUT2D eigenvalue weighted by atomic mass is 14.9. The van der Waals surface area contributed by atoms with E-state index in [2.05, 4.69) is 51.2 Å². The van der Waals surface area contributed by atoms with E-state index >= 15 is 0 Å². The van der Waals surface area contributed by atoms with Gasteiger partial charge in [0.15, 0.2) is 0 Å². The van der Waals surface area contributed by atoms with Gasteiger partial charge in [-0.15, -0.1) is 12.8 Å². The molecule has 0 saturated heterocycles. The molecule has 1 atom stereocenters. The summed E-state index contributed by atoms with van der Waals surface area (Å²) < 4.78 is 0. The molecule has 1 heteroatoms. The monoisotopic (exact) mass is 191 g/mol. The summed E-state index contributed by atoms with van der Waals surface area (Å²) in [5, 5.41) is 3.34. The lowest BCUT2D eigenvalue weighted by molar-refractivity contribution is 0.492. The number of hydrogen-bond donors (Lipinski definition) is 1. The summed E-state index contributed by atoms with van der Waals surface area (Å²) >= 11 is 0. The molecule has 78 valence electrons. The first-order valence-electron chi connectivity index (χ1n) is 5.13. The van der Waals surface area contributed by atoms with Crippen molar-refractivity contribution < 1.29 is 0 Å². The van der Waals surface area contributed by atoms with Gasteiger partial charge in [0.25, 0.3) is 0 Å². The van der Waals surface area contributed by atoms with Crippen LogP contribution in [0, 0.1) is 12.8 Å². The highest BCUT2D eigenvalue weighted by Gasteiger charge is 2.17. The Morgan fingerprint density at radius 2 is 1.79 bits per heavy atom. The average Bonchev–Trinajstić information content (AvgIpc) is 2.30. The quantitative estimate of drug-likeness (QED) is 0.628. The maximum atomic E-state index is 4.00. The number of terminal acetylenes is 1. The first kappa shape index (κ1) is 13.0. The Balaban J connectivity index is 0.000000791. The van der Waals surface area contributed by atoms with Crippen molar-refractivity contribution in [2.24, 2.45) is 0 Å². The molecular formula is C13H21N. The maximum Gasteiger partial charge on any atom is 0.0108 e. The van der Waals surface area contributed by atoms with Crippen LogP contribution >= 0.6 is 0 Å². The predicted octanol–water partition coefficient (Wildman–Crippen LogP) is 2.90. The molecule has 0 amide bonds. The standard InChI is InChI=1S/C11H19N.C2H2/c1-4-9-6-7-11(12-3)8-10(9)5-2;1-2/h4-5,11-12H,6-8H2,1-3H3;1-2H/b9-4-,10-5-;. The second-order valence-electron chi connectivity index (χ2n) is 3.36. The number of allylic oxidation sites excluding steroid dienone is 3. The smallest absolute Gasteiger partial charge is 0.0108 e. The summed E-state index contributed by atoms with van der Waals surface area (Å²) in [7, 11) is 2.05. The lowest BCUT2D eigenvalue weighted by Crippen LogP contribution is -2.28. The van der Waals surface area contributed by atoms with E-state index in [1.54, 1.807) is 5.57 Å². The van der Waals surface area contributed by atoms with Crippen LogP contribution in [0.1, 0.15) is 33.1 Å². The number of hydrogen-bond acceptors (Lipinski definition) is 1. The third-order valence-corrected chi connectivity index (χ3v) is 2.75. The van der Waals surface area contributed by atoms with Gasteiger partial charge in [-0.05, 0) is 51.3 Å². The molecular weight excluding hydrogens is 170 g/mol. The van der Waals surface area contributed by atoms with Gasteiger partial charge in [-0.1, -0.05) is 12.2 Å². The highest BCUT2D eigenvalue weighted by molar-refractivity contribution is 5.33. The van der Waals surface area contributed by atoms with Crippen LogP contribution in [-0.4, -0.2) is 13.1 Å². The Bertz CT molecular complexity index is 233. The minimum atomic E-state index is 0.694. The van der Waals surface area contributed by atoms with Crippen molar-refractivity contribution >= 4 is 0 Å². The van der Waals surface area contributed by atoms with Crippen LogP contribution in [0.5, 0.6) is 0 Å². The average molecular weight is 191 g/mol. The van der Waals surface area contributed by atoms with Crippen molar-refractivity contribution in [3.8, 4) is 12.8 Å². The molecule has 14 heavy (non-hydrogen) atoms. The van der Waals surface area contributed by atoms with E-state index in [-0.39, 0.29) is 0 Å². The predicted molar refractivity (Wildman–Crippen MR) is 64.1 cm³/mol. The van der Waals surface area contributed by atoms with Crippen LogP contribution < -0.4 is 5.32 Å². The molecule has 0 heterocycles. The molecule has 1 aliphatic rings. The summed E-state index contributed by atoms with van der Waals surface area (Å²) in [4.78, 5) is 0. The van der Waals surface area contributed by atoms with Gasteiger partial charge in [0, 0.05) is 6.04 Å². The van der Waals surface area contributed by atoms with Crippen LogP contribution in [0.25, 0.3) is 0 Å². The lowest BCUT2D eigenvalue weighted by atomic mass is 9.86. The molecule has 1 fully saturated rings. The van der Waals surface area contributed by atoms with Crippen molar-refractivity contribution in [3.63, 3.8) is 0 Å². The Morgan fingerprint density at radius 3 is 2.21 bits per heavy atom. The molecule has 1 nitrogen and oxygen atoms in total.